The molecule has 1 aromatic rings. The van der Waals surface area contributed by atoms with Crippen molar-refractivity contribution in [3.8, 4) is 0 Å². The van der Waals surface area contributed by atoms with E-state index in [0.717, 1.165) is 0 Å². The zero-order valence-electron chi connectivity index (χ0n) is 6.60. The smallest absolute Gasteiger partial charge is 0.148 e. The molecule has 1 aromatic carbocycles. The van der Waals surface area contributed by atoms with E-state index in [4.69, 9.17) is 17.3 Å². The minimum Gasteiger partial charge on any atom is -0.387 e. The van der Waals surface area contributed by atoms with Crippen LogP contribution in [-0.2, 0) is 0 Å². The van der Waals surface area contributed by atoms with Crippen LogP contribution in [0.1, 0.15) is 11.7 Å². The Labute approximate surface area is 88.6 Å². The van der Waals surface area contributed by atoms with Crippen molar-refractivity contribution in [1.82, 2.24) is 0 Å². The van der Waals surface area contributed by atoms with Gasteiger partial charge in [0.05, 0.1) is 11.1 Å². The number of hydrogen-bond acceptors (Lipinski definition) is 2. The van der Waals surface area contributed by atoms with Gasteiger partial charge in [-0.3, -0.25) is 0 Å². The summed E-state index contributed by atoms with van der Waals surface area (Å²) < 4.78 is 13.8. The summed E-state index contributed by atoms with van der Waals surface area (Å²) in [6, 6.07) is 2.98. The van der Waals surface area contributed by atoms with Crippen molar-refractivity contribution in [2.24, 2.45) is 5.73 Å². The molecule has 0 fully saturated rings. The number of rotatable bonds is 2. The first-order valence-corrected chi connectivity index (χ1v) is 4.76. The van der Waals surface area contributed by atoms with E-state index in [-0.39, 0.29) is 17.1 Å². The molecule has 0 bridgehead atoms. The maximum Gasteiger partial charge on any atom is 0.148 e. The van der Waals surface area contributed by atoms with Crippen LogP contribution in [0.15, 0.2) is 16.6 Å². The average molecular weight is 269 g/mol. The van der Waals surface area contributed by atoms with Crippen molar-refractivity contribution in [2.75, 3.05) is 6.54 Å². The van der Waals surface area contributed by atoms with Crippen LogP contribution in [0.25, 0.3) is 0 Å². The largest absolute Gasteiger partial charge is 0.387 e. The Bertz CT molecular complexity index is 321. The van der Waals surface area contributed by atoms with Crippen LogP contribution in [-0.4, -0.2) is 11.7 Å². The second-order valence-electron chi connectivity index (χ2n) is 2.51. The minimum atomic E-state index is -1.03. The summed E-state index contributed by atoms with van der Waals surface area (Å²) in [4.78, 5) is 0. The Kier molecular flexibility index (Phi) is 3.67. The standard InChI is InChI=1S/C8H8BrClFNO/c9-4-1-2-5(10)8(11)7(4)6(13)3-12/h1-2,6,13H,3,12H2/t6-/m0/s1. The van der Waals surface area contributed by atoms with Gasteiger partial charge in [0.15, 0.2) is 0 Å². The quantitative estimate of drug-likeness (QED) is 0.808. The van der Waals surface area contributed by atoms with Crippen LogP contribution >= 0.6 is 27.5 Å². The molecule has 5 heteroatoms. The number of aliphatic hydroxyl groups is 1. The summed E-state index contributed by atoms with van der Waals surface area (Å²) in [6.07, 6.45) is -1.03. The molecule has 0 spiro atoms. The molecule has 0 aliphatic heterocycles. The molecule has 1 rings (SSSR count). The molecule has 2 nitrogen and oxygen atoms in total. The van der Waals surface area contributed by atoms with E-state index in [9.17, 15) is 9.50 Å². The Morgan fingerprint density at radius 3 is 2.77 bits per heavy atom. The first-order valence-electron chi connectivity index (χ1n) is 3.59. The van der Waals surface area contributed by atoms with E-state index < -0.39 is 11.9 Å². The van der Waals surface area contributed by atoms with E-state index in [2.05, 4.69) is 15.9 Å². The van der Waals surface area contributed by atoms with Gasteiger partial charge in [0, 0.05) is 16.6 Å². The number of benzene rings is 1. The zero-order valence-corrected chi connectivity index (χ0v) is 8.94. The van der Waals surface area contributed by atoms with Gasteiger partial charge in [-0.15, -0.1) is 0 Å². The van der Waals surface area contributed by atoms with Gasteiger partial charge in [0.25, 0.3) is 0 Å². The first-order chi connectivity index (χ1) is 6.07. The summed E-state index contributed by atoms with van der Waals surface area (Å²) in [6.45, 7) is -0.0458. The van der Waals surface area contributed by atoms with Crippen molar-refractivity contribution in [3.63, 3.8) is 0 Å². The highest BCUT2D eigenvalue weighted by atomic mass is 79.9. The van der Waals surface area contributed by atoms with Crippen LogP contribution in [0.2, 0.25) is 5.02 Å². The molecule has 0 aliphatic carbocycles. The summed E-state index contributed by atoms with van der Waals surface area (Å²) in [7, 11) is 0. The third-order valence-electron chi connectivity index (χ3n) is 1.64. The molecule has 0 unspecified atom stereocenters. The van der Waals surface area contributed by atoms with Crippen LogP contribution in [0.5, 0.6) is 0 Å². The van der Waals surface area contributed by atoms with Gasteiger partial charge in [-0.2, -0.15) is 0 Å². The maximum atomic E-state index is 13.3. The number of nitrogens with two attached hydrogens (primary N) is 1. The molecule has 0 saturated carbocycles. The van der Waals surface area contributed by atoms with Gasteiger partial charge in [-0.05, 0) is 12.1 Å². The second-order valence-corrected chi connectivity index (χ2v) is 3.77. The predicted molar refractivity (Wildman–Crippen MR) is 53.1 cm³/mol. The Morgan fingerprint density at radius 1 is 1.62 bits per heavy atom. The van der Waals surface area contributed by atoms with Gasteiger partial charge in [0.2, 0.25) is 0 Å². The van der Waals surface area contributed by atoms with Crippen molar-refractivity contribution in [1.29, 1.82) is 0 Å². The zero-order chi connectivity index (χ0) is 10.0. The second kappa shape index (κ2) is 4.37. The fourth-order valence-electron chi connectivity index (χ4n) is 0.966. The molecule has 1 atom stereocenters. The SMILES string of the molecule is NC[C@H](O)c1c(Br)ccc(Cl)c1F. The third kappa shape index (κ3) is 2.20. The molecule has 0 radical (unpaired) electrons. The van der Waals surface area contributed by atoms with Gasteiger partial charge < -0.3 is 10.8 Å². The lowest BCUT2D eigenvalue weighted by atomic mass is 10.1. The Hall–Kier alpha value is -0.160. The maximum absolute atomic E-state index is 13.3. The number of hydrogen-bond donors (Lipinski definition) is 2. The summed E-state index contributed by atoms with van der Waals surface area (Å²) >= 11 is 8.65. The molecule has 13 heavy (non-hydrogen) atoms. The first kappa shape index (κ1) is 10.9. The van der Waals surface area contributed by atoms with Crippen LogP contribution in [0.4, 0.5) is 4.39 Å². The lowest BCUT2D eigenvalue weighted by molar-refractivity contribution is 0.181. The number of halogens is 3. The van der Waals surface area contributed by atoms with E-state index in [1.807, 2.05) is 0 Å². The normalized spacial score (nSPS) is 13.0. The van der Waals surface area contributed by atoms with E-state index in [1.165, 1.54) is 6.07 Å². The fourth-order valence-corrected chi connectivity index (χ4v) is 1.70. The van der Waals surface area contributed by atoms with E-state index in [0.29, 0.717) is 4.47 Å². The van der Waals surface area contributed by atoms with Gasteiger partial charge in [0.1, 0.15) is 5.82 Å². The summed E-state index contributed by atoms with van der Waals surface area (Å²) in [5.41, 5.74) is 5.32. The summed E-state index contributed by atoms with van der Waals surface area (Å²) in [5, 5.41) is 9.34. The highest BCUT2D eigenvalue weighted by Crippen LogP contribution is 2.30. The predicted octanol–water partition coefficient (Wildman–Crippen LogP) is 2.23. The van der Waals surface area contributed by atoms with Gasteiger partial charge in [-0.25, -0.2) is 4.39 Å². The number of aliphatic hydroxyl groups excluding tert-OH is 1. The molecular weight excluding hydrogens is 260 g/mol. The van der Waals surface area contributed by atoms with Crippen molar-refractivity contribution in [3.05, 3.63) is 33.0 Å². The van der Waals surface area contributed by atoms with Gasteiger partial charge >= 0.3 is 0 Å². The molecule has 0 saturated heterocycles. The van der Waals surface area contributed by atoms with Crippen molar-refractivity contribution >= 4 is 27.5 Å². The molecular formula is C8H8BrClFNO. The monoisotopic (exact) mass is 267 g/mol. The van der Waals surface area contributed by atoms with Crippen LogP contribution in [0.3, 0.4) is 0 Å². The summed E-state index contributed by atoms with van der Waals surface area (Å²) in [5.74, 6) is -0.631. The average Bonchev–Trinajstić information content (AvgIpc) is 2.12. The molecule has 3 N–H and O–H groups in total. The molecule has 72 valence electrons. The Morgan fingerprint density at radius 2 is 2.23 bits per heavy atom. The minimum absolute atomic E-state index is 0.0225. The van der Waals surface area contributed by atoms with Crippen LogP contribution < -0.4 is 5.73 Å². The molecule has 0 aromatic heterocycles. The molecule has 0 amide bonds. The lowest BCUT2D eigenvalue weighted by Crippen LogP contribution is -2.13. The Balaban J connectivity index is 3.25. The van der Waals surface area contributed by atoms with Gasteiger partial charge in [-0.1, -0.05) is 27.5 Å². The van der Waals surface area contributed by atoms with Crippen molar-refractivity contribution in [2.45, 2.75) is 6.10 Å². The van der Waals surface area contributed by atoms with Crippen molar-refractivity contribution < 1.29 is 9.50 Å². The van der Waals surface area contributed by atoms with Crippen LogP contribution in [0, 0.1) is 5.82 Å². The third-order valence-corrected chi connectivity index (χ3v) is 2.62. The fraction of sp³-hybridized carbons (Fsp3) is 0.250. The van der Waals surface area contributed by atoms with E-state index in [1.54, 1.807) is 6.07 Å². The lowest BCUT2D eigenvalue weighted by Gasteiger charge is -2.12. The molecule has 0 heterocycles. The highest BCUT2D eigenvalue weighted by molar-refractivity contribution is 9.10. The highest BCUT2D eigenvalue weighted by Gasteiger charge is 2.17. The van der Waals surface area contributed by atoms with E-state index >= 15 is 0 Å². The molecule has 0 aliphatic rings. The topological polar surface area (TPSA) is 46.2 Å².